The highest BCUT2D eigenvalue weighted by molar-refractivity contribution is 6.12. The molecule has 0 radical (unpaired) electrons. The van der Waals surface area contributed by atoms with E-state index in [2.05, 4.69) is 38.1 Å². The number of rotatable bonds is 4. The molecule has 1 aromatic carbocycles. The molecule has 38 heavy (non-hydrogen) atoms. The van der Waals surface area contributed by atoms with Crippen molar-refractivity contribution in [2.45, 2.75) is 72.0 Å². The predicted octanol–water partition coefficient (Wildman–Crippen LogP) is 4.03. The Hall–Kier alpha value is -2.93. The second-order valence-electron chi connectivity index (χ2n) is 11.7. The molecule has 7 nitrogen and oxygen atoms in total. The molecular weight excluding hydrogens is 476 g/mol. The molecule has 2 aliphatic carbocycles. The molecule has 4 fully saturated rings. The number of hydrogen-bond acceptors (Lipinski definition) is 5. The largest absolute Gasteiger partial charge is 0.394 e. The predicted molar refractivity (Wildman–Crippen MR) is 151 cm³/mol. The van der Waals surface area contributed by atoms with Gasteiger partial charge >= 0.3 is 0 Å². The van der Waals surface area contributed by atoms with Crippen molar-refractivity contribution in [2.24, 2.45) is 22.6 Å². The molecule has 4 aliphatic rings. The topological polar surface area (TPSA) is 88.2 Å². The average molecular weight is 519 g/mol. The van der Waals surface area contributed by atoms with Crippen molar-refractivity contribution in [1.82, 2.24) is 9.80 Å². The summed E-state index contributed by atoms with van der Waals surface area (Å²) in [4.78, 5) is 35.0. The Bertz CT molecular complexity index is 1190. The summed E-state index contributed by atoms with van der Waals surface area (Å²) in [5, 5.41) is 0. The minimum atomic E-state index is -0.127. The van der Waals surface area contributed by atoms with Crippen LogP contribution in [0.15, 0.2) is 40.0 Å². The van der Waals surface area contributed by atoms with E-state index in [0.717, 1.165) is 56.5 Å². The maximum absolute atomic E-state index is 13.2. The summed E-state index contributed by atoms with van der Waals surface area (Å²) in [6.07, 6.45) is 7.05. The lowest BCUT2D eigenvalue weighted by atomic mass is 9.99. The van der Waals surface area contributed by atoms with E-state index in [4.69, 9.17) is 15.5 Å². The van der Waals surface area contributed by atoms with Gasteiger partial charge in [0.25, 0.3) is 5.91 Å². The molecule has 0 spiro atoms. The Morgan fingerprint density at radius 3 is 2.63 bits per heavy atom. The summed E-state index contributed by atoms with van der Waals surface area (Å²) in [5.41, 5.74) is 13.8. The Morgan fingerprint density at radius 1 is 1.11 bits per heavy atom. The van der Waals surface area contributed by atoms with Crippen LogP contribution in [0.1, 0.15) is 62.6 Å². The highest BCUT2D eigenvalue weighted by atomic mass is 16.5. The van der Waals surface area contributed by atoms with Gasteiger partial charge in [-0.2, -0.15) is 0 Å². The fourth-order valence-corrected chi connectivity index (χ4v) is 6.31. The van der Waals surface area contributed by atoms with E-state index in [1.807, 2.05) is 18.7 Å². The molecule has 204 valence electrons. The molecule has 4 atom stereocenters. The highest BCUT2D eigenvalue weighted by Gasteiger charge is 2.50. The molecule has 1 aromatic rings. The van der Waals surface area contributed by atoms with Crippen molar-refractivity contribution in [1.29, 1.82) is 0 Å². The Morgan fingerprint density at radius 2 is 1.87 bits per heavy atom. The Kier molecular flexibility index (Phi) is 7.75. The van der Waals surface area contributed by atoms with Gasteiger partial charge in [0.2, 0.25) is 5.91 Å². The first kappa shape index (κ1) is 26.7. The van der Waals surface area contributed by atoms with Crippen LogP contribution < -0.4 is 5.73 Å². The molecule has 2 N–H and O–H groups in total. The number of nitrogens with two attached hydrogens (primary N) is 1. The van der Waals surface area contributed by atoms with E-state index >= 15 is 0 Å². The third-order valence-corrected chi connectivity index (χ3v) is 8.68. The van der Waals surface area contributed by atoms with Gasteiger partial charge in [0.15, 0.2) is 0 Å². The number of amides is 2. The molecule has 5 rings (SSSR count). The first-order valence-corrected chi connectivity index (χ1v) is 14.2. The van der Waals surface area contributed by atoms with Gasteiger partial charge in [0.05, 0.1) is 12.2 Å². The summed E-state index contributed by atoms with van der Waals surface area (Å²) < 4.78 is 5.77. The highest BCUT2D eigenvalue weighted by Crippen LogP contribution is 2.53. The number of morpholine rings is 1. The van der Waals surface area contributed by atoms with Gasteiger partial charge < -0.3 is 20.3 Å². The molecule has 7 heteroatoms. The molecular formula is C31H42N4O3. The standard InChI is InChI=1S/C31H42N4O3/c1-19-7-5-9-24(22(19)4)13-23-8-6-11-34(12-10-23)28(36)16-33-30-26-14-25(26)15-27(30)29(32)31(37)35-17-20(2)38-21(3)18-35/h5,7,9,13,20-21,25-26H,6,8,10-12,14-18,32H2,1-4H3/b23-13+,29-27-,33-30?/t20-,21+,25?,26?. The van der Waals surface area contributed by atoms with E-state index in [-0.39, 0.29) is 30.6 Å². The maximum Gasteiger partial charge on any atom is 0.270 e. The van der Waals surface area contributed by atoms with Crippen molar-refractivity contribution >= 4 is 23.6 Å². The number of fused-ring (bicyclic) bond motifs is 1. The molecule has 2 amide bonds. The molecule has 2 saturated carbocycles. The van der Waals surface area contributed by atoms with Gasteiger partial charge in [-0.1, -0.05) is 29.8 Å². The van der Waals surface area contributed by atoms with Crippen LogP contribution >= 0.6 is 0 Å². The smallest absolute Gasteiger partial charge is 0.270 e. The van der Waals surface area contributed by atoms with Crippen molar-refractivity contribution < 1.29 is 14.3 Å². The second-order valence-corrected chi connectivity index (χ2v) is 11.7. The van der Waals surface area contributed by atoms with Crippen LogP contribution in [0.5, 0.6) is 0 Å². The molecule has 2 heterocycles. The zero-order chi connectivity index (χ0) is 27.0. The molecule has 0 aromatic heterocycles. The van der Waals surface area contributed by atoms with E-state index < -0.39 is 0 Å². The van der Waals surface area contributed by atoms with Crippen LogP contribution in [0.4, 0.5) is 0 Å². The third-order valence-electron chi connectivity index (χ3n) is 8.68. The SMILES string of the molecule is Cc1cccc(/C=C2\CCCN(C(=O)CN=C3/C(=C(\N)C(=O)N4C[C@@H](C)O[C@@H](C)C4)CC4CC34)CC2)c1C. The Balaban J connectivity index is 1.24. The summed E-state index contributed by atoms with van der Waals surface area (Å²) in [6, 6.07) is 6.43. The fraction of sp³-hybridized carbons (Fsp3) is 0.581. The second kappa shape index (κ2) is 11.0. The number of carbonyl (C=O) groups is 2. The van der Waals surface area contributed by atoms with Crippen LogP contribution in [-0.2, 0) is 14.3 Å². The number of aliphatic imine (C=N–C) groups is 1. The number of likely N-dealkylation sites (tertiary alicyclic amines) is 1. The summed E-state index contributed by atoms with van der Waals surface area (Å²) in [7, 11) is 0. The maximum atomic E-state index is 13.2. The van der Waals surface area contributed by atoms with Crippen LogP contribution in [0.2, 0.25) is 0 Å². The van der Waals surface area contributed by atoms with Crippen molar-refractivity contribution in [3.63, 3.8) is 0 Å². The van der Waals surface area contributed by atoms with Crippen LogP contribution in [0.3, 0.4) is 0 Å². The quantitative estimate of drug-likeness (QED) is 0.610. The fourth-order valence-electron chi connectivity index (χ4n) is 6.31. The number of carbonyl (C=O) groups excluding carboxylic acids is 2. The van der Waals surface area contributed by atoms with E-state index in [1.54, 1.807) is 4.90 Å². The normalized spacial score (nSPS) is 30.8. The lowest BCUT2D eigenvalue weighted by Crippen LogP contribution is -2.49. The van der Waals surface area contributed by atoms with Gasteiger partial charge in [-0.05, 0) is 82.4 Å². The van der Waals surface area contributed by atoms with Gasteiger partial charge in [-0.25, -0.2) is 0 Å². The Labute approximate surface area is 226 Å². The first-order valence-electron chi connectivity index (χ1n) is 14.2. The molecule has 2 aliphatic heterocycles. The van der Waals surface area contributed by atoms with Crippen LogP contribution in [0, 0.1) is 25.7 Å². The van der Waals surface area contributed by atoms with Crippen molar-refractivity contribution in [3.05, 3.63) is 51.7 Å². The minimum Gasteiger partial charge on any atom is -0.394 e. The molecule has 0 bridgehead atoms. The first-order chi connectivity index (χ1) is 18.2. The monoisotopic (exact) mass is 518 g/mol. The zero-order valence-electron chi connectivity index (χ0n) is 23.3. The number of hydrogen-bond donors (Lipinski definition) is 1. The third kappa shape index (κ3) is 5.73. The summed E-state index contributed by atoms with van der Waals surface area (Å²) >= 11 is 0. The van der Waals surface area contributed by atoms with Crippen molar-refractivity contribution in [3.8, 4) is 0 Å². The number of nitrogens with zero attached hydrogens (tertiary/aromatic N) is 3. The van der Waals surface area contributed by atoms with Gasteiger partial charge in [-0.3, -0.25) is 14.6 Å². The van der Waals surface area contributed by atoms with E-state index in [0.29, 0.717) is 30.6 Å². The average Bonchev–Trinajstić information content (AvgIpc) is 3.62. The number of benzene rings is 1. The minimum absolute atomic E-state index is 0.00643. The lowest BCUT2D eigenvalue weighted by molar-refractivity contribution is -0.139. The number of aryl methyl sites for hydroxylation is 1. The summed E-state index contributed by atoms with van der Waals surface area (Å²) in [6.45, 7) is 11.0. The number of ether oxygens (including phenoxy) is 1. The van der Waals surface area contributed by atoms with E-state index in [9.17, 15) is 9.59 Å². The van der Waals surface area contributed by atoms with Gasteiger partial charge in [0, 0.05) is 43.4 Å². The van der Waals surface area contributed by atoms with Crippen molar-refractivity contribution in [2.75, 3.05) is 32.7 Å². The molecule has 2 unspecified atom stereocenters. The van der Waals surface area contributed by atoms with E-state index in [1.165, 1.54) is 22.3 Å². The number of allylic oxidation sites excluding steroid dienone is 1. The zero-order valence-corrected chi connectivity index (χ0v) is 23.3. The van der Waals surface area contributed by atoms with Gasteiger partial charge in [-0.15, -0.1) is 0 Å². The summed E-state index contributed by atoms with van der Waals surface area (Å²) in [5.74, 6) is 0.805. The van der Waals surface area contributed by atoms with Crippen LogP contribution in [-0.4, -0.2) is 72.3 Å². The van der Waals surface area contributed by atoms with Gasteiger partial charge in [0.1, 0.15) is 12.2 Å². The lowest BCUT2D eigenvalue weighted by Gasteiger charge is -2.35. The van der Waals surface area contributed by atoms with Crippen LogP contribution in [0.25, 0.3) is 6.08 Å². The molecule has 2 saturated heterocycles.